The number of methoxy groups -OCH3 is 3. The molecule has 1 N–H and O–H groups in total. The zero-order valence-corrected chi connectivity index (χ0v) is 90.6. The van der Waals surface area contributed by atoms with Gasteiger partial charge in [0.2, 0.25) is 12.6 Å². The minimum Gasteiger partial charge on any atom is -0.739 e. The Morgan fingerprint density at radius 1 is 0.411 bits per heavy atom. The van der Waals surface area contributed by atoms with Gasteiger partial charge in [-0.05, 0) is 313 Å². The zero-order chi connectivity index (χ0) is 102. The monoisotopic (exact) mass is 1970 g/mol. The van der Waals surface area contributed by atoms with Crippen LogP contribution in [0.4, 0.5) is 4.79 Å². The third kappa shape index (κ3) is 39.7. The molecule has 10 aromatic rings. The second-order valence-electron chi connectivity index (χ2n) is 39.5. The van der Waals surface area contributed by atoms with E-state index in [9.17, 15) is 17.8 Å². The number of carbonyl (C=O) groups is 1. The summed E-state index contributed by atoms with van der Waals surface area (Å²) in [5.74, 6) is 12.5. The van der Waals surface area contributed by atoms with Crippen LogP contribution in [0.1, 0.15) is 359 Å². The first-order valence-corrected chi connectivity index (χ1v) is 55.2. The van der Waals surface area contributed by atoms with Crippen molar-refractivity contribution in [3.63, 3.8) is 0 Å². The number of aromatic hydroxyl groups is 1. The largest absolute Gasteiger partial charge is 0.739 e. The third-order valence-electron chi connectivity index (χ3n) is 28.7. The van der Waals surface area contributed by atoms with E-state index in [4.69, 9.17) is 52.5 Å². The summed E-state index contributed by atoms with van der Waals surface area (Å²) in [6, 6.07) is 82.9. The highest BCUT2D eigenvalue weighted by atomic mass is 32.2. The molecule has 18 heteroatoms. The molecule has 141 heavy (non-hydrogen) atoms. The van der Waals surface area contributed by atoms with E-state index < -0.39 is 15.4 Å². The highest BCUT2D eigenvalue weighted by Gasteiger charge is 2.39. The minimum absolute atomic E-state index is 0.0430. The van der Waals surface area contributed by atoms with E-state index in [-0.39, 0.29) is 46.5 Å². The Bertz CT molecular complexity index is 5100. The Kier molecular flexibility index (Phi) is 50.7. The molecule has 14 rings (SSSR count). The predicted molar refractivity (Wildman–Crippen MR) is 578 cm³/mol. The van der Waals surface area contributed by atoms with Crippen molar-refractivity contribution in [2.75, 3.05) is 34.5 Å². The fraction of sp³-hybridized carbons (Fsp3) is 0.504. The fourth-order valence-corrected chi connectivity index (χ4v) is 20.2. The first-order valence-electron chi connectivity index (χ1n) is 52.6. The lowest BCUT2D eigenvalue weighted by Crippen LogP contribution is -2.40. The molecule has 4 aliphatic rings. The lowest BCUT2D eigenvalue weighted by atomic mass is 9.70. The number of fused-ring (bicyclic) bond motifs is 1. The van der Waals surface area contributed by atoms with Crippen LogP contribution in [0.3, 0.4) is 0 Å². The quantitative estimate of drug-likeness (QED) is 0.0167. The molecular formula is C123H170O16S2. The summed E-state index contributed by atoms with van der Waals surface area (Å²) in [5.41, 5.74) is 9.04. The maximum atomic E-state index is 10.8. The second-order valence-corrected chi connectivity index (χ2v) is 42.8. The van der Waals surface area contributed by atoms with Crippen molar-refractivity contribution in [3.8, 4) is 51.7 Å². The maximum Gasteiger partial charge on any atom is 0.418 e. The van der Waals surface area contributed by atoms with Crippen LogP contribution >= 0.6 is 0 Å². The van der Waals surface area contributed by atoms with Crippen molar-refractivity contribution < 1.29 is 75.0 Å². The molecule has 12 atom stereocenters. The average molecular weight is 1970 g/mol. The van der Waals surface area contributed by atoms with Crippen molar-refractivity contribution in [3.05, 3.63) is 288 Å². The van der Waals surface area contributed by atoms with Crippen LogP contribution in [-0.2, 0) is 35.2 Å². The number of benzene rings is 10. The second kappa shape index (κ2) is 61.4. The molecule has 4 aliphatic carbocycles. The van der Waals surface area contributed by atoms with E-state index in [1.165, 1.54) is 183 Å². The van der Waals surface area contributed by atoms with Crippen LogP contribution in [0.2, 0.25) is 0 Å². The number of ether oxygens (including phenoxy) is 11. The van der Waals surface area contributed by atoms with Gasteiger partial charge in [-0.25, -0.2) is 13.2 Å². The van der Waals surface area contributed by atoms with Gasteiger partial charge in [-0.15, -0.1) is 0 Å². The molecule has 0 saturated heterocycles. The standard InChI is InChI=1S/C27H36O2.C21H21O3S.C20H32O2.C19H30O2.C15H24O.C11H14O5S.C10H14O/c1-3-20(2)21-13-16-25(17-14-21)28-27(23-10-5-4-6-11-23)29-26-18-15-22-9-7-8-12-24(22)19-26;1-22-16-7-4-10-19(13-16)25(20-11-5-8-17(14-20)23-2)21-12-6-9-18(15-21)24-3;1-5-16(3)17-10-12-18(13-11-17)22-19(21-6-2)20(4)14-8-7-9-15-20;1-4-15(2)18-10-12-19(13-11-18)21-16(3)20-14-17-8-6-5-7-9-17;1-6-12(3)13-8-10-14(11-9-13)16-15(4,5)7-2;1-3-8(2)9-4-6-10(7-5-9)16-11(12)17(13,14)15;1-3-8(2)9-4-6-10(11)7-5-9/h4-6,10-11,13-14,16-17,20,22,24,26-27H,3,7-9,12,15,18-19H2,1-2H3;4-15H,1-3H3;10-13,16,19H,5-9,14-15H2,1-4H3;10-13,15-17H,4-9,14H2,1-3H3;8-12H,6-7H2,1-5H3;4-8H,3H2,1-2H3,(H,13,14,15);4-8,11H,3H2,1-2H3/q;+1;;;;;/p-1. The molecule has 0 heterocycles. The molecule has 770 valence electrons. The summed E-state index contributed by atoms with van der Waals surface area (Å²) in [7, 11) is -0.267. The fourth-order valence-electron chi connectivity index (χ4n) is 17.8. The van der Waals surface area contributed by atoms with Gasteiger partial charge in [-0.3, -0.25) is 0 Å². The predicted octanol–water partition coefficient (Wildman–Crippen LogP) is 33.8. The summed E-state index contributed by atoms with van der Waals surface area (Å²) in [6.07, 6.45) is 29.9. The van der Waals surface area contributed by atoms with E-state index in [0.29, 0.717) is 54.0 Å². The molecule has 0 bridgehead atoms. The SMILES string of the molecule is CCC(C)c1ccc(O)cc1.CCC(C)c1ccc(OC(=O)S(=O)(=O)[O-])cc1.CCC(C)c1ccc(OC(C)(C)CC)cc1.CCC(C)c1ccc(OC(C)OCC2CCCCC2)cc1.CCC(C)c1ccc(OC(OC2CCC3CCCCC3C2)c2ccccc2)cc1.CCOC(Oc1ccc(C(C)CC)cc1)C1(C)CCCCC1.COc1cccc([S+](c2cccc(OC)c2)c2cccc(OC)c2)c1. The summed E-state index contributed by atoms with van der Waals surface area (Å²) in [5, 5.41) is 7.23. The van der Waals surface area contributed by atoms with Gasteiger partial charge in [-0.2, -0.15) is 0 Å². The summed E-state index contributed by atoms with van der Waals surface area (Å²) >= 11 is 0. The van der Waals surface area contributed by atoms with Crippen LogP contribution in [0.15, 0.2) is 263 Å². The third-order valence-corrected chi connectivity index (χ3v) is 31.4. The Morgan fingerprint density at radius 3 is 1.18 bits per heavy atom. The van der Waals surface area contributed by atoms with E-state index >= 15 is 0 Å². The molecule has 4 fully saturated rings. The molecule has 4 saturated carbocycles. The Morgan fingerprint density at radius 2 is 0.787 bits per heavy atom. The highest BCUT2D eigenvalue weighted by molar-refractivity contribution is 8.00. The van der Waals surface area contributed by atoms with E-state index in [0.717, 1.165) is 101 Å². The molecule has 0 aliphatic heterocycles. The number of phenolic OH excluding ortho intramolecular Hbond substituents is 1. The summed E-state index contributed by atoms with van der Waals surface area (Å²) < 4.78 is 94.5. The molecule has 0 amide bonds. The Hall–Kier alpha value is -9.79. The first-order chi connectivity index (χ1) is 67.8. The van der Waals surface area contributed by atoms with Crippen LogP contribution in [0.25, 0.3) is 0 Å². The smallest absolute Gasteiger partial charge is 0.418 e. The minimum atomic E-state index is -5.04. The zero-order valence-electron chi connectivity index (χ0n) is 88.9. The van der Waals surface area contributed by atoms with Crippen molar-refractivity contribution in [2.45, 2.75) is 359 Å². The molecule has 12 unspecified atom stereocenters. The number of hydrogen-bond acceptors (Lipinski definition) is 16. The van der Waals surface area contributed by atoms with Crippen molar-refractivity contribution in [1.82, 2.24) is 0 Å². The van der Waals surface area contributed by atoms with Gasteiger partial charge in [0.05, 0.1) is 44.9 Å². The topological polar surface area (TPSA) is 196 Å². The number of hydrogen-bond donors (Lipinski definition) is 1. The van der Waals surface area contributed by atoms with Crippen LogP contribution in [0, 0.1) is 23.2 Å². The average Bonchev–Trinajstić information content (AvgIpc) is 0.817. The number of carbonyl (C=O) groups excluding carboxylic acids is 1. The van der Waals surface area contributed by atoms with Gasteiger partial charge >= 0.3 is 5.30 Å². The number of rotatable bonds is 37. The molecular weight excluding hydrogens is 1800 g/mol. The molecule has 16 nitrogen and oxygen atoms in total. The molecule has 0 radical (unpaired) electrons. The van der Waals surface area contributed by atoms with E-state index in [1.807, 2.05) is 69.3 Å². The highest BCUT2D eigenvalue weighted by Crippen LogP contribution is 2.45. The van der Waals surface area contributed by atoms with Crippen molar-refractivity contribution in [2.24, 2.45) is 23.2 Å². The van der Waals surface area contributed by atoms with E-state index in [1.54, 1.807) is 45.6 Å². The Balaban J connectivity index is 0.000000205. The van der Waals surface area contributed by atoms with Gasteiger partial charge in [0.25, 0.3) is 0 Å². The van der Waals surface area contributed by atoms with Crippen molar-refractivity contribution in [1.29, 1.82) is 0 Å². The first kappa shape index (κ1) is 116. The van der Waals surface area contributed by atoms with Gasteiger partial charge in [-0.1, -0.05) is 282 Å². The van der Waals surface area contributed by atoms with Crippen LogP contribution in [0.5, 0.6) is 51.7 Å². The molecule has 0 spiro atoms. The lowest BCUT2D eigenvalue weighted by molar-refractivity contribution is -0.159. The number of phenols is 1. The van der Waals surface area contributed by atoms with Crippen molar-refractivity contribution >= 4 is 26.3 Å². The van der Waals surface area contributed by atoms with Crippen LogP contribution < -0.4 is 37.9 Å². The normalized spacial score (nSPS) is 17.5. The summed E-state index contributed by atoms with van der Waals surface area (Å²) in [4.78, 5) is 14.3. The molecule has 10 aromatic carbocycles. The van der Waals surface area contributed by atoms with E-state index in [2.05, 4.69) is 272 Å². The molecule has 0 aromatic heterocycles. The van der Waals surface area contributed by atoms with Gasteiger partial charge < -0.3 is 61.8 Å². The summed E-state index contributed by atoms with van der Waals surface area (Å²) in [6.45, 7) is 40.7. The maximum absolute atomic E-state index is 10.8. The Labute approximate surface area is 852 Å². The van der Waals surface area contributed by atoms with Gasteiger partial charge in [0.15, 0.2) is 31.1 Å². The van der Waals surface area contributed by atoms with Crippen LogP contribution in [-0.4, -0.2) is 82.2 Å². The van der Waals surface area contributed by atoms with Gasteiger partial charge in [0.1, 0.15) is 57.3 Å². The lowest BCUT2D eigenvalue weighted by Gasteiger charge is -2.40. The van der Waals surface area contributed by atoms with Gasteiger partial charge in [0, 0.05) is 35.8 Å².